The summed E-state index contributed by atoms with van der Waals surface area (Å²) >= 11 is 5.94. The Morgan fingerprint density at radius 2 is 1.70 bits per heavy atom. The van der Waals surface area contributed by atoms with Gasteiger partial charge in [0.05, 0.1) is 4.90 Å². The van der Waals surface area contributed by atoms with E-state index in [1.807, 2.05) is 12.1 Å². The van der Waals surface area contributed by atoms with Crippen LogP contribution in [0.15, 0.2) is 53.4 Å². The van der Waals surface area contributed by atoms with E-state index in [0.717, 1.165) is 37.7 Å². The lowest BCUT2D eigenvalue weighted by atomic mass is 9.80. The molecule has 27 heavy (non-hydrogen) atoms. The van der Waals surface area contributed by atoms with Gasteiger partial charge in [-0.15, -0.1) is 0 Å². The predicted molar refractivity (Wildman–Crippen MR) is 108 cm³/mol. The average molecular weight is 408 g/mol. The number of hydrogen-bond acceptors (Lipinski definition) is 3. The van der Waals surface area contributed by atoms with Crippen LogP contribution >= 0.6 is 11.6 Å². The molecule has 1 aliphatic rings. The van der Waals surface area contributed by atoms with Gasteiger partial charge in [-0.3, -0.25) is 0 Å². The monoisotopic (exact) mass is 407 g/mol. The first-order chi connectivity index (χ1) is 12.9. The molecule has 2 aromatic carbocycles. The molecule has 1 fully saturated rings. The van der Waals surface area contributed by atoms with Crippen molar-refractivity contribution in [3.05, 3.63) is 64.7 Å². The summed E-state index contributed by atoms with van der Waals surface area (Å²) in [5, 5.41) is 9.46. The van der Waals surface area contributed by atoms with Crippen molar-refractivity contribution in [1.29, 1.82) is 0 Å². The zero-order valence-electron chi connectivity index (χ0n) is 15.3. The van der Waals surface area contributed by atoms with Crippen molar-refractivity contribution in [2.45, 2.75) is 43.4 Å². The van der Waals surface area contributed by atoms with Crippen molar-refractivity contribution in [1.82, 2.24) is 4.72 Å². The van der Waals surface area contributed by atoms with Gasteiger partial charge in [-0.2, -0.15) is 0 Å². The Kier molecular flexibility index (Phi) is 6.58. The van der Waals surface area contributed by atoms with Gasteiger partial charge in [-0.25, -0.2) is 13.1 Å². The Balaban J connectivity index is 1.71. The number of benzene rings is 2. The summed E-state index contributed by atoms with van der Waals surface area (Å²) in [6, 6.07) is 14.6. The van der Waals surface area contributed by atoms with Crippen LogP contribution in [0.1, 0.15) is 36.8 Å². The molecule has 0 bridgehead atoms. The van der Waals surface area contributed by atoms with Crippen LogP contribution in [0.2, 0.25) is 5.02 Å². The summed E-state index contributed by atoms with van der Waals surface area (Å²) in [5.74, 6) is 0. The molecular formula is C21H26ClNO3S. The van der Waals surface area contributed by atoms with E-state index in [-0.39, 0.29) is 16.9 Å². The Morgan fingerprint density at radius 1 is 1.04 bits per heavy atom. The number of rotatable bonds is 8. The van der Waals surface area contributed by atoms with Gasteiger partial charge < -0.3 is 5.11 Å². The highest BCUT2D eigenvalue weighted by Gasteiger charge is 2.35. The van der Waals surface area contributed by atoms with Crippen molar-refractivity contribution in [3.63, 3.8) is 0 Å². The van der Waals surface area contributed by atoms with E-state index < -0.39 is 10.0 Å². The first-order valence-corrected chi connectivity index (χ1v) is 11.2. The van der Waals surface area contributed by atoms with Crippen molar-refractivity contribution < 1.29 is 13.5 Å². The van der Waals surface area contributed by atoms with E-state index in [1.54, 1.807) is 18.2 Å². The first-order valence-electron chi connectivity index (χ1n) is 9.36. The molecule has 0 unspecified atom stereocenters. The summed E-state index contributed by atoms with van der Waals surface area (Å²) < 4.78 is 28.1. The van der Waals surface area contributed by atoms with Crippen molar-refractivity contribution in [2.24, 2.45) is 5.41 Å². The molecule has 0 saturated heterocycles. The fourth-order valence-electron chi connectivity index (χ4n) is 3.89. The summed E-state index contributed by atoms with van der Waals surface area (Å²) in [7, 11) is -3.58. The smallest absolute Gasteiger partial charge is 0.240 e. The maximum Gasteiger partial charge on any atom is 0.240 e. The fourth-order valence-corrected chi connectivity index (χ4v) is 5.35. The molecule has 4 nitrogen and oxygen atoms in total. The second-order valence-electron chi connectivity index (χ2n) is 7.46. The molecular weight excluding hydrogens is 382 g/mol. The van der Waals surface area contributed by atoms with Crippen molar-refractivity contribution in [2.75, 3.05) is 13.2 Å². The van der Waals surface area contributed by atoms with E-state index in [9.17, 15) is 8.42 Å². The number of aliphatic hydroxyl groups is 1. The molecule has 0 atom stereocenters. The lowest BCUT2D eigenvalue weighted by Gasteiger charge is -2.29. The summed E-state index contributed by atoms with van der Waals surface area (Å²) in [6.45, 7) is 0.578. The molecule has 3 rings (SSSR count). The van der Waals surface area contributed by atoms with Gasteiger partial charge in [0.25, 0.3) is 0 Å². The van der Waals surface area contributed by atoms with Gasteiger partial charge >= 0.3 is 0 Å². The topological polar surface area (TPSA) is 66.4 Å². The zero-order chi connectivity index (χ0) is 19.3. The van der Waals surface area contributed by atoms with Gasteiger partial charge in [0.15, 0.2) is 0 Å². The molecule has 0 aliphatic heterocycles. The number of nitrogens with one attached hydrogen (secondary N) is 1. The summed E-state index contributed by atoms with van der Waals surface area (Å²) in [4.78, 5) is 0.205. The van der Waals surface area contributed by atoms with Gasteiger partial charge in [-0.05, 0) is 60.4 Å². The lowest BCUT2D eigenvalue weighted by molar-refractivity contribution is 0.294. The number of hydrogen-bond donors (Lipinski definition) is 2. The van der Waals surface area contributed by atoms with E-state index in [4.69, 9.17) is 16.7 Å². The second-order valence-corrected chi connectivity index (χ2v) is 9.66. The highest BCUT2D eigenvalue weighted by molar-refractivity contribution is 7.89. The van der Waals surface area contributed by atoms with Gasteiger partial charge in [0.1, 0.15) is 0 Å². The maximum absolute atomic E-state index is 12.7. The molecule has 6 heteroatoms. The zero-order valence-corrected chi connectivity index (χ0v) is 16.9. The Bertz CT molecular complexity index is 859. The minimum atomic E-state index is -3.58. The largest absolute Gasteiger partial charge is 0.396 e. The Hall–Kier alpha value is -1.40. The van der Waals surface area contributed by atoms with Crippen LogP contribution in [-0.2, 0) is 22.9 Å². The second kappa shape index (κ2) is 8.74. The van der Waals surface area contributed by atoms with Crippen LogP contribution < -0.4 is 4.72 Å². The quantitative estimate of drug-likeness (QED) is 0.696. The fraction of sp³-hybridized carbons (Fsp3) is 0.429. The molecule has 2 aromatic rings. The highest BCUT2D eigenvalue weighted by Crippen LogP contribution is 2.40. The normalized spacial score (nSPS) is 16.5. The minimum absolute atomic E-state index is 0.0514. The van der Waals surface area contributed by atoms with Crippen LogP contribution in [0.4, 0.5) is 0 Å². The molecule has 0 amide bonds. The standard InChI is InChI=1S/C21H26ClNO3S/c22-19-4-3-5-20(14-19)27(25,26)23-16-21(11-1-2-12-21)15-18-8-6-17(7-9-18)10-13-24/h3-9,14,23-24H,1-2,10-13,15-16H2. The molecule has 146 valence electrons. The van der Waals surface area contributed by atoms with Crippen LogP contribution in [0.25, 0.3) is 0 Å². The number of halogens is 1. The number of sulfonamides is 1. The van der Waals surface area contributed by atoms with Crippen LogP contribution in [0.3, 0.4) is 0 Å². The van der Waals surface area contributed by atoms with E-state index >= 15 is 0 Å². The lowest BCUT2D eigenvalue weighted by Crippen LogP contribution is -2.37. The molecule has 0 heterocycles. The van der Waals surface area contributed by atoms with Gasteiger partial charge in [0, 0.05) is 18.2 Å². The van der Waals surface area contributed by atoms with E-state index in [0.29, 0.717) is 18.0 Å². The third-order valence-corrected chi connectivity index (χ3v) is 7.04. The van der Waals surface area contributed by atoms with Crippen LogP contribution in [0.5, 0.6) is 0 Å². The SMILES string of the molecule is O=S(=O)(NCC1(Cc2ccc(CCO)cc2)CCCC1)c1cccc(Cl)c1. The van der Waals surface area contributed by atoms with Crippen LogP contribution in [0, 0.1) is 5.41 Å². The van der Waals surface area contributed by atoms with E-state index in [2.05, 4.69) is 16.9 Å². The Labute approximate surface area is 166 Å². The Morgan fingerprint density at radius 3 is 2.33 bits per heavy atom. The maximum atomic E-state index is 12.7. The van der Waals surface area contributed by atoms with E-state index in [1.165, 1.54) is 11.6 Å². The summed E-state index contributed by atoms with van der Waals surface area (Å²) in [5.41, 5.74) is 2.27. The van der Waals surface area contributed by atoms with Crippen LogP contribution in [-0.4, -0.2) is 26.7 Å². The predicted octanol–water partition coefficient (Wildman–Crippen LogP) is 3.96. The molecule has 0 radical (unpaired) electrons. The molecule has 2 N–H and O–H groups in total. The third-order valence-electron chi connectivity index (χ3n) is 5.41. The molecule has 1 aliphatic carbocycles. The third kappa shape index (κ3) is 5.32. The van der Waals surface area contributed by atoms with Gasteiger partial charge in [0.2, 0.25) is 10.0 Å². The first kappa shape index (κ1) is 20.3. The highest BCUT2D eigenvalue weighted by atomic mass is 35.5. The average Bonchev–Trinajstić information content (AvgIpc) is 3.11. The van der Waals surface area contributed by atoms with Gasteiger partial charge in [-0.1, -0.05) is 54.8 Å². The molecule has 0 spiro atoms. The van der Waals surface area contributed by atoms with Crippen molar-refractivity contribution in [3.8, 4) is 0 Å². The minimum Gasteiger partial charge on any atom is -0.396 e. The van der Waals surface area contributed by atoms with Crippen molar-refractivity contribution >= 4 is 21.6 Å². The number of aliphatic hydroxyl groups excluding tert-OH is 1. The molecule has 0 aromatic heterocycles. The molecule has 1 saturated carbocycles. The summed E-state index contributed by atoms with van der Waals surface area (Å²) in [6.07, 6.45) is 5.80.